The zero-order chi connectivity index (χ0) is 19.8. The Morgan fingerprint density at radius 3 is 2.74 bits per heavy atom. The number of ether oxygens (including phenoxy) is 1. The molecule has 1 aromatic carbocycles. The number of alkyl carbamates (subject to hydrolysis) is 1. The van der Waals surface area contributed by atoms with Gasteiger partial charge in [-0.2, -0.15) is 5.26 Å². The van der Waals surface area contributed by atoms with E-state index < -0.39 is 19.2 Å². The third kappa shape index (κ3) is 6.59. The molecule has 0 saturated carbocycles. The van der Waals surface area contributed by atoms with E-state index in [1.54, 1.807) is 4.90 Å². The van der Waals surface area contributed by atoms with Gasteiger partial charge in [0, 0.05) is 19.0 Å². The highest BCUT2D eigenvalue weighted by molar-refractivity contribution is 6.43. The third-order valence-corrected chi connectivity index (χ3v) is 4.56. The van der Waals surface area contributed by atoms with Gasteiger partial charge in [0.25, 0.3) is 0 Å². The van der Waals surface area contributed by atoms with Gasteiger partial charge in [-0.15, -0.1) is 0 Å². The normalized spacial score (nSPS) is 17.1. The third-order valence-electron chi connectivity index (χ3n) is 4.56. The van der Waals surface area contributed by atoms with Crippen LogP contribution >= 0.6 is 0 Å². The van der Waals surface area contributed by atoms with Crippen molar-refractivity contribution in [2.75, 3.05) is 19.7 Å². The van der Waals surface area contributed by atoms with Gasteiger partial charge in [0.05, 0.1) is 18.6 Å². The topological polar surface area (TPSA) is 123 Å². The maximum Gasteiger partial charge on any atom is 0.475 e. The summed E-state index contributed by atoms with van der Waals surface area (Å²) in [6, 6.07) is 9.38. The van der Waals surface area contributed by atoms with Crippen LogP contribution in [0.15, 0.2) is 24.3 Å². The molecule has 144 valence electrons. The van der Waals surface area contributed by atoms with E-state index in [0.717, 1.165) is 11.1 Å². The van der Waals surface area contributed by atoms with Gasteiger partial charge in [-0.1, -0.05) is 29.8 Å². The summed E-state index contributed by atoms with van der Waals surface area (Å²) in [7, 11) is -1.72. The molecule has 0 unspecified atom stereocenters. The number of carbonyl (C=O) groups is 2. The Hall–Kier alpha value is -2.57. The molecule has 3 N–H and O–H groups in total. The first-order valence-electron chi connectivity index (χ1n) is 8.88. The van der Waals surface area contributed by atoms with Crippen LogP contribution in [0, 0.1) is 24.2 Å². The Morgan fingerprint density at radius 2 is 2.11 bits per heavy atom. The first-order valence-corrected chi connectivity index (χ1v) is 8.88. The fourth-order valence-electron chi connectivity index (χ4n) is 2.97. The monoisotopic (exact) mass is 373 g/mol. The second-order valence-corrected chi connectivity index (χ2v) is 6.78. The SMILES string of the molecule is Cc1ccc(C[C@H](NC(=O)OC[C@H]2CCN(C(=O)CC#N)C2)B(O)O)cc1. The van der Waals surface area contributed by atoms with Crippen molar-refractivity contribution in [3.8, 4) is 6.07 Å². The number of nitrogens with zero attached hydrogens (tertiary/aromatic N) is 2. The predicted octanol–water partition coefficient (Wildman–Crippen LogP) is 0.406. The van der Waals surface area contributed by atoms with E-state index in [4.69, 9.17) is 10.00 Å². The Kier molecular flexibility index (Phi) is 7.64. The van der Waals surface area contributed by atoms with E-state index in [1.165, 1.54) is 0 Å². The average Bonchev–Trinajstić information content (AvgIpc) is 3.10. The number of likely N-dealkylation sites (tertiary alicyclic amines) is 1. The van der Waals surface area contributed by atoms with Crippen LogP contribution < -0.4 is 5.32 Å². The number of rotatable bonds is 7. The molecule has 1 aliphatic heterocycles. The van der Waals surface area contributed by atoms with Crippen LogP contribution in [0.4, 0.5) is 4.79 Å². The van der Waals surface area contributed by atoms with E-state index in [1.807, 2.05) is 37.3 Å². The number of amides is 2. The first-order chi connectivity index (χ1) is 12.9. The molecule has 2 atom stereocenters. The number of carbonyl (C=O) groups excluding carboxylic acids is 2. The van der Waals surface area contributed by atoms with Gasteiger partial charge in [0.2, 0.25) is 5.91 Å². The molecule has 1 aromatic rings. The minimum absolute atomic E-state index is 0.00740. The number of nitriles is 1. The zero-order valence-electron chi connectivity index (χ0n) is 15.3. The molecule has 2 amide bonds. The second-order valence-electron chi connectivity index (χ2n) is 6.78. The minimum atomic E-state index is -1.72. The second kappa shape index (κ2) is 9.95. The summed E-state index contributed by atoms with van der Waals surface area (Å²) in [5.74, 6) is -1.10. The lowest BCUT2D eigenvalue weighted by molar-refractivity contribution is -0.129. The standard InChI is InChI=1S/C18H24BN3O5/c1-13-2-4-14(5-3-13)10-16(19(25)26)21-18(24)27-12-15-7-9-22(11-15)17(23)6-8-20/h2-5,15-16,25-26H,6-7,9-12H2,1H3,(H,21,24)/t15-,16-/m0/s1. The number of aryl methyl sites for hydroxylation is 1. The fourth-order valence-corrected chi connectivity index (χ4v) is 2.97. The van der Waals surface area contributed by atoms with E-state index in [9.17, 15) is 19.6 Å². The lowest BCUT2D eigenvalue weighted by Gasteiger charge is -2.19. The summed E-state index contributed by atoms with van der Waals surface area (Å²) in [5, 5.41) is 30.1. The van der Waals surface area contributed by atoms with Gasteiger partial charge in [-0.05, 0) is 25.3 Å². The quantitative estimate of drug-likeness (QED) is 0.595. The lowest BCUT2D eigenvalue weighted by atomic mass is 9.76. The molecule has 1 saturated heterocycles. The summed E-state index contributed by atoms with van der Waals surface area (Å²) in [6.07, 6.45) is 0.0673. The molecule has 8 nitrogen and oxygen atoms in total. The molecule has 27 heavy (non-hydrogen) atoms. The Labute approximate surface area is 158 Å². The van der Waals surface area contributed by atoms with Crippen molar-refractivity contribution in [3.63, 3.8) is 0 Å². The minimum Gasteiger partial charge on any atom is -0.449 e. The van der Waals surface area contributed by atoms with Gasteiger partial charge in [-0.3, -0.25) is 4.79 Å². The van der Waals surface area contributed by atoms with Crippen LogP contribution in [0.2, 0.25) is 0 Å². The number of nitrogens with one attached hydrogen (secondary N) is 1. The average molecular weight is 373 g/mol. The molecule has 0 aliphatic carbocycles. The van der Waals surface area contributed by atoms with Crippen molar-refractivity contribution in [3.05, 3.63) is 35.4 Å². The summed E-state index contributed by atoms with van der Waals surface area (Å²) < 4.78 is 5.18. The number of benzene rings is 1. The molecule has 0 radical (unpaired) electrons. The highest BCUT2D eigenvalue weighted by Crippen LogP contribution is 2.17. The van der Waals surface area contributed by atoms with Crippen molar-refractivity contribution in [1.29, 1.82) is 5.26 Å². The Balaban J connectivity index is 1.78. The molecule has 1 aliphatic rings. The van der Waals surface area contributed by atoms with Crippen LogP contribution in [0.25, 0.3) is 0 Å². The summed E-state index contributed by atoms with van der Waals surface area (Å²) >= 11 is 0. The van der Waals surface area contributed by atoms with Crippen molar-refractivity contribution < 1.29 is 24.4 Å². The van der Waals surface area contributed by atoms with Gasteiger partial charge < -0.3 is 25.0 Å². The highest BCUT2D eigenvalue weighted by atomic mass is 16.5. The summed E-state index contributed by atoms with van der Waals surface area (Å²) in [6.45, 7) is 3.07. The summed E-state index contributed by atoms with van der Waals surface area (Å²) in [5.41, 5.74) is 1.95. The summed E-state index contributed by atoms with van der Waals surface area (Å²) in [4.78, 5) is 25.3. The van der Waals surface area contributed by atoms with Crippen LogP contribution in [-0.2, 0) is 16.0 Å². The molecule has 2 rings (SSSR count). The number of hydrogen-bond acceptors (Lipinski definition) is 6. The largest absolute Gasteiger partial charge is 0.475 e. The van der Waals surface area contributed by atoms with Crippen LogP contribution in [0.3, 0.4) is 0 Å². The lowest BCUT2D eigenvalue weighted by Crippen LogP contribution is -2.48. The van der Waals surface area contributed by atoms with Gasteiger partial charge in [-0.25, -0.2) is 4.79 Å². The van der Waals surface area contributed by atoms with E-state index in [2.05, 4.69) is 5.32 Å². The maximum atomic E-state index is 12.0. The Bertz CT molecular complexity index is 689. The molecule has 0 bridgehead atoms. The van der Waals surface area contributed by atoms with Crippen LogP contribution in [0.1, 0.15) is 24.0 Å². The molecular weight excluding hydrogens is 349 g/mol. The van der Waals surface area contributed by atoms with Crippen LogP contribution in [-0.4, -0.2) is 59.7 Å². The highest BCUT2D eigenvalue weighted by Gasteiger charge is 2.29. The van der Waals surface area contributed by atoms with E-state index in [-0.39, 0.29) is 31.3 Å². The smallest absolute Gasteiger partial charge is 0.449 e. The van der Waals surface area contributed by atoms with Crippen molar-refractivity contribution in [1.82, 2.24) is 10.2 Å². The Morgan fingerprint density at radius 1 is 1.41 bits per heavy atom. The fraction of sp³-hybridized carbons (Fsp3) is 0.500. The van der Waals surface area contributed by atoms with Crippen molar-refractivity contribution in [2.45, 2.75) is 32.1 Å². The van der Waals surface area contributed by atoms with Gasteiger partial charge >= 0.3 is 13.2 Å². The first kappa shape index (κ1) is 20.7. The van der Waals surface area contributed by atoms with E-state index >= 15 is 0 Å². The molecule has 9 heteroatoms. The predicted molar refractivity (Wildman–Crippen MR) is 98.3 cm³/mol. The number of hydrogen-bond donors (Lipinski definition) is 3. The van der Waals surface area contributed by atoms with E-state index in [0.29, 0.717) is 19.5 Å². The molecule has 1 heterocycles. The molecular formula is C18H24BN3O5. The molecule has 1 fully saturated rings. The van der Waals surface area contributed by atoms with Gasteiger partial charge in [0.15, 0.2) is 0 Å². The van der Waals surface area contributed by atoms with Crippen molar-refractivity contribution >= 4 is 19.1 Å². The molecule has 0 spiro atoms. The van der Waals surface area contributed by atoms with Crippen LogP contribution in [0.5, 0.6) is 0 Å². The molecule has 0 aromatic heterocycles. The maximum absolute atomic E-state index is 12.0. The van der Waals surface area contributed by atoms with Crippen molar-refractivity contribution in [2.24, 2.45) is 5.92 Å². The van der Waals surface area contributed by atoms with Gasteiger partial charge in [0.1, 0.15) is 6.42 Å². The zero-order valence-corrected chi connectivity index (χ0v) is 15.3.